The molecule has 0 atom stereocenters. The van der Waals surface area contributed by atoms with Gasteiger partial charge in [0.2, 0.25) is 0 Å². The smallest absolute Gasteiger partial charge is 0.108 e. The monoisotopic (exact) mass is 155 g/mol. The third kappa shape index (κ3) is 1.16. The lowest BCUT2D eigenvalue weighted by molar-refractivity contribution is 1.08. The Hall–Kier alpha value is -0.286. The SMILES string of the molecule is Cc1ccc(C)n1[SiH2][SiH3]. The maximum absolute atomic E-state index is 2.49. The number of nitrogens with zero attached hydrogens (tertiary/aromatic N) is 1. The maximum Gasteiger partial charge on any atom is 0.108 e. The Morgan fingerprint density at radius 3 is 2.00 bits per heavy atom. The van der Waals surface area contributed by atoms with E-state index in [2.05, 4.69) is 30.2 Å². The lowest BCUT2D eigenvalue weighted by Gasteiger charge is -2.02. The van der Waals surface area contributed by atoms with Crippen LogP contribution in [0, 0.1) is 13.8 Å². The summed E-state index contributed by atoms with van der Waals surface area (Å²) in [7, 11) is 1.52. The van der Waals surface area contributed by atoms with Crippen LogP contribution < -0.4 is 0 Å². The molecule has 1 nitrogen and oxygen atoms in total. The first-order chi connectivity index (χ1) is 4.25. The molecule has 0 N–H and O–H groups in total. The van der Waals surface area contributed by atoms with Crippen LogP contribution in [0.2, 0.25) is 0 Å². The molecule has 0 amide bonds. The van der Waals surface area contributed by atoms with Gasteiger partial charge >= 0.3 is 0 Å². The Morgan fingerprint density at radius 2 is 1.78 bits per heavy atom. The summed E-state index contributed by atoms with van der Waals surface area (Å²) in [5.74, 6) is 0. The van der Waals surface area contributed by atoms with Crippen LogP contribution in [-0.2, 0) is 0 Å². The molecule has 0 spiro atoms. The second-order valence-corrected chi connectivity index (χ2v) is 5.52. The quantitative estimate of drug-likeness (QED) is 0.474. The highest BCUT2D eigenvalue weighted by atomic mass is 29.1. The minimum atomic E-state index is 0.131. The van der Waals surface area contributed by atoms with E-state index in [0.29, 0.717) is 0 Å². The standard InChI is InChI=1S/C6H13NSi2/c1-5-3-4-6(2)7(5)9-8/h3-4H,9H2,1-2,8H3. The largest absolute Gasteiger partial charge is 0.385 e. The van der Waals surface area contributed by atoms with Crippen molar-refractivity contribution < 1.29 is 0 Å². The van der Waals surface area contributed by atoms with Gasteiger partial charge in [-0.2, -0.15) is 0 Å². The highest BCUT2D eigenvalue weighted by molar-refractivity contribution is 6.88. The second kappa shape index (κ2) is 2.53. The van der Waals surface area contributed by atoms with E-state index in [4.69, 9.17) is 0 Å². The first kappa shape index (κ1) is 6.83. The molecule has 1 aromatic rings. The van der Waals surface area contributed by atoms with E-state index in [-0.39, 0.29) is 9.20 Å². The fourth-order valence-corrected chi connectivity index (χ4v) is 5.40. The van der Waals surface area contributed by atoms with E-state index >= 15 is 0 Å². The van der Waals surface area contributed by atoms with Gasteiger partial charge in [-0.25, -0.2) is 0 Å². The molecule has 1 aromatic heterocycles. The molecule has 0 saturated heterocycles. The Balaban J connectivity index is 3.07. The summed E-state index contributed by atoms with van der Waals surface area (Å²) in [6.07, 6.45) is 0. The summed E-state index contributed by atoms with van der Waals surface area (Å²) in [6, 6.07) is 4.42. The molecule has 1 heterocycles. The number of rotatable bonds is 1. The van der Waals surface area contributed by atoms with Gasteiger partial charge in [0.15, 0.2) is 0 Å². The molecule has 0 aliphatic carbocycles. The van der Waals surface area contributed by atoms with Crippen LogP contribution in [0.4, 0.5) is 0 Å². The minimum absolute atomic E-state index is 0.131. The van der Waals surface area contributed by atoms with Crippen LogP contribution in [0.25, 0.3) is 0 Å². The van der Waals surface area contributed by atoms with Crippen LogP contribution >= 0.6 is 0 Å². The van der Waals surface area contributed by atoms with Crippen molar-refractivity contribution in [3.8, 4) is 0 Å². The van der Waals surface area contributed by atoms with Crippen molar-refractivity contribution >= 4 is 19.0 Å². The van der Waals surface area contributed by atoms with Gasteiger partial charge in [-0.05, 0) is 26.0 Å². The maximum atomic E-state index is 2.49. The summed E-state index contributed by atoms with van der Waals surface area (Å²) in [6.45, 7) is 4.38. The lowest BCUT2D eigenvalue weighted by atomic mass is 10.5. The van der Waals surface area contributed by atoms with Crippen molar-refractivity contribution in [2.75, 3.05) is 0 Å². The summed E-state index contributed by atoms with van der Waals surface area (Å²) in [5.41, 5.74) is 2.91. The van der Waals surface area contributed by atoms with Gasteiger partial charge in [-0.1, -0.05) is 0 Å². The molecular formula is C6H13NSi2. The summed E-state index contributed by atoms with van der Waals surface area (Å²) in [5, 5.41) is 0. The average Bonchev–Trinajstić information content (AvgIpc) is 2.12. The Morgan fingerprint density at radius 1 is 1.33 bits per heavy atom. The topological polar surface area (TPSA) is 4.93 Å². The van der Waals surface area contributed by atoms with Crippen LogP contribution in [0.1, 0.15) is 11.4 Å². The van der Waals surface area contributed by atoms with Gasteiger partial charge in [0.1, 0.15) is 9.20 Å². The van der Waals surface area contributed by atoms with Gasteiger partial charge in [-0.3, -0.25) is 0 Å². The van der Waals surface area contributed by atoms with Gasteiger partial charge in [0.05, 0.1) is 0 Å². The van der Waals surface area contributed by atoms with Crippen LogP contribution in [0.15, 0.2) is 12.1 Å². The molecule has 0 saturated carbocycles. The van der Waals surface area contributed by atoms with E-state index in [1.807, 2.05) is 0 Å². The van der Waals surface area contributed by atoms with Gasteiger partial charge in [0.25, 0.3) is 0 Å². The highest BCUT2D eigenvalue weighted by Crippen LogP contribution is 2.02. The minimum Gasteiger partial charge on any atom is -0.385 e. The Labute approximate surface area is 61.2 Å². The number of hydrogen-bond acceptors (Lipinski definition) is 0. The van der Waals surface area contributed by atoms with E-state index < -0.39 is 0 Å². The molecule has 50 valence electrons. The number of hydrogen-bond donors (Lipinski definition) is 0. The fraction of sp³-hybridized carbons (Fsp3) is 0.333. The predicted molar refractivity (Wildman–Crippen MR) is 47.8 cm³/mol. The predicted octanol–water partition coefficient (Wildman–Crippen LogP) is -0.683. The molecular weight excluding hydrogens is 142 g/mol. The molecule has 0 aliphatic heterocycles. The molecule has 0 aliphatic rings. The lowest BCUT2D eigenvalue weighted by Crippen LogP contribution is -2.08. The van der Waals surface area contributed by atoms with Crippen molar-refractivity contribution in [1.29, 1.82) is 0 Å². The zero-order chi connectivity index (χ0) is 6.85. The molecule has 1 rings (SSSR count). The summed E-state index contributed by atoms with van der Waals surface area (Å²) >= 11 is 0. The first-order valence-electron chi connectivity index (χ1n) is 3.38. The van der Waals surface area contributed by atoms with Gasteiger partial charge in [-0.15, -0.1) is 0 Å². The molecule has 0 unspecified atom stereocenters. The van der Waals surface area contributed by atoms with Gasteiger partial charge in [0, 0.05) is 21.1 Å². The first-order valence-corrected chi connectivity index (χ1v) is 9.67. The molecule has 0 radical (unpaired) electrons. The summed E-state index contributed by atoms with van der Waals surface area (Å²) < 4.78 is 2.49. The van der Waals surface area contributed by atoms with Crippen molar-refractivity contribution in [3.05, 3.63) is 23.5 Å². The molecule has 9 heavy (non-hydrogen) atoms. The van der Waals surface area contributed by atoms with E-state index in [0.717, 1.165) is 0 Å². The molecule has 3 heteroatoms. The van der Waals surface area contributed by atoms with Crippen LogP contribution in [0.3, 0.4) is 0 Å². The van der Waals surface area contributed by atoms with Gasteiger partial charge < -0.3 is 4.23 Å². The van der Waals surface area contributed by atoms with Crippen molar-refractivity contribution in [2.45, 2.75) is 13.8 Å². The zero-order valence-electron chi connectivity index (χ0n) is 6.31. The van der Waals surface area contributed by atoms with Crippen molar-refractivity contribution in [1.82, 2.24) is 4.23 Å². The third-order valence-electron chi connectivity index (χ3n) is 1.73. The number of aromatic nitrogens is 1. The van der Waals surface area contributed by atoms with E-state index in [9.17, 15) is 0 Å². The zero-order valence-corrected chi connectivity index (χ0v) is 9.72. The highest BCUT2D eigenvalue weighted by Gasteiger charge is 1.94. The van der Waals surface area contributed by atoms with Crippen molar-refractivity contribution in [2.24, 2.45) is 0 Å². The molecule has 0 bridgehead atoms. The van der Waals surface area contributed by atoms with E-state index in [1.54, 1.807) is 0 Å². The average molecular weight is 155 g/mol. The Bertz CT molecular complexity index is 185. The van der Waals surface area contributed by atoms with Crippen LogP contribution in [0.5, 0.6) is 0 Å². The second-order valence-electron chi connectivity index (χ2n) is 2.36. The van der Waals surface area contributed by atoms with E-state index in [1.165, 1.54) is 21.1 Å². The Kier molecular flexibility index (Phi) is 1.92. The fourth-order valence-electron chi connectivity index (χ4n) is 1.20. The third-order valence-corrected chi connectivity index (χ3v) is 5.26. The van der Waals surface area contributed by atoms with Crippen molar-refractivity contribution in [3.63, 3.8) is 0 Å². The van der Waals surface area contributed by atoms with Crippen LogP contribution in [-0.4, -0.2) is 23.2 Å². The summed E-state index contributed by atoms with van der Waals surface area (Å²) in [4.78, 5) is 0. The normalized spacial score (nSPS) is 11.8. The molecule has 0 aromatic carbocycles. The number of aryl methyl sites for hydroxylation is 2. The molecule has 0 fully saturated rings.